The van der Waals surface area contributed by atoms with Gasteiger partial charge in [0.2, 0.25) is 0 Å². The number of ether oxygens (including phenoxy) is 1. The molecule has 0 radical (unpaired) electrons. The molecule has 2 aliphatic rings. The lowest BCUT2D eigenvalue weighted by molar-refractivity contribution is 0.0401. The number of likely N-dealkylation sites (tertiary alicyclic amines) is 1. The van der Waals surface area contributed by atoms with Gasteiger partial charge in [-0.05, 0) is 60.7 Å². The maximum absolute atomic E-state index is 13.4. The van der Waals surface area contributed by atoms with E-state index in [1.807, 2.05) is 24.3 Å². The van der Waals surface area contributed by atoms with Gasteiger partial charge in [-0.15, -0.1) is 0 Å². The zero-order chi connectivity index (χ0) is 18.1. The molecule has 26 heavy (non-hydrogen) atoms. The molecule has 0 amide bonds. The lowest BCUT2D eigenvalue weighted by atomic mass is 9.77. The van der Waals surface area contributed by atoms with Crippen LogP contribution in [0.15, 0.2) is 36.4 Å². The van der Waals surface area contributed by atoms with Crippen molar-refractivity contribution in [2.24, 2.45) is 11.8 Å². The summed E-state index contributed by atoms with van der Waals surface area (Å²) in [6.45, 7) is 4.35. The van der Waals surface area contributed by atoms with E-state index in [4.69, 9.17) is 4.74 Å². The number of carbonyl (C=O) groups excluding carboxylic acids is 1. The highest BCUT2D eigenvalue weighted by Crippen LogP contribution is 2.35. The van der Waals surface area contributed by atoms with Crippen LogP contribution in [0.25, 0.3) is 10.8 Å². The number of fused-ring (bicyclic) bond motifs is 1. The van der Waals surface area contributed by atoms with E-state index < -0.39 is 0 Å². The average molecular weight is 351 g/mol. The number of piperidine rings is 1. The van der Waals surface area contributed by atoms with Gasteiger partial charge >= 0.3 is 0 Å². The second kappa shape index (κ2) is 7.40. The summed E-state index contributed by atoms with van der Waals surface area (Å²) in [6, 6.07) is 12.9. The minimum atomic E-state index is 0.144. The van der Waals surface area contributed by atoms with Crippen LogP contribution in [0.1, 0.15) is 49.4 Å². The molecule has 0 N–H and O–H groups in total. The van der Waals surface area contributed by atoms with E-state index in [1.165, 1.54) is 25.8 Å². The van der Waals surface area contributed by atoms with E-state index >= 15 is 0 Å². The van der Waals surface area contributed by atoms with Crippen LogP contribution in [0.3, 0.4) is 0 Å². The number of ketones is 1. The third-order valence-electron chi connectivity index (χ3n) is 6.57. The van der Waals surface area contributed by atoms with Crippen molar-refractivity contribution in [1.82, 2.24) is 4.90 Å². The van der Waals surface area contributed by atoms with Crippen molar-refractivity contribution >= 4 is 16.6 Å². The van der Waals surface area contributed by atoms with Crippen LogP contribution in [0.5, 0.6) is 5.75 Å². The van der Waals surface area contributed by atoms with E-state index in [0.717, 1.165) is 47.5 Å². The number of benzene rings is 2. The molecule has 0 unspecified atom stereocenters. The molecule has 2 fully saturated rings. The maximum Gasteiger partial charge on any atom is 0.167 e. The summed E-state index contributed by atoms with van der Waals surface area (Å²) in [6.07, 6.45) is 6.24. The van der Waals surface area contributed by atoms with E-state index in [-0.39, 0.29) is 5.92 Å². The fourth-order valence-corrected chi connectivity index (χ4v) is 4.61. The molecule has 2 aromatic rings. The Morgan fingerprint density at radius 2 is 1.88 bits per heavy atom. The van der Waals surface area contributed by atoms with Crippen molar-refractivity contribution in [1.29, 1.82) is 0 Å². The molecule has 2 aromatic carbocycles. The first-order valence-corrected chi connectivity index (χ1v) is 10.1. The molecule has 3 heteroatoms. The molecule has 138 valence electrons. The van der Waals surface area contributed by atoms with Crippen LogP contribution in [0, 0.1) is 11.8 Å². The minimum Gasteiger partial charge on any atom is -0.497 e. The summed E-state index contributed by atoms with van der Waals surface area (Å²) in [7, 11) is 1.68. The zero-order valence-electron chi connectivity index (χ0n) is 15.9. The van der Waals surface area contributed by atoms with Crippen molar-refractivity contribution in [3.63, 3.8) is 0 Å². The van der Waals surface area contributed by atoms with Crippen molar-refractivity contribution < 1.29 is 9.53 Å². The van der Waals surface area contributed by atoms with Crippen LogP contribution in [0.2, 0.25) is 0 Å². The summed E-state index contributed by atoms with van der Waals surface area (Å²) < 4.78 is 5.30. The Morgan fingerprint density at radius 1 is 1.12 bits per heavy atom. The van der Waals surface area contributed by atoms with Gasteiger partial charge in [-0.25, -0.2) is 0 Å². The van der Waals surface area contributed by atoms with Gasteiger partial charge in [0.25, 0.3) is 0 Å². The van der Waals surface area contributed by atoms with Gasteiger partial charge in [0, 0.05) is 24.1 Å². The van der Waals surface area contributed by atoms with Crippen LogP contribution in [-0.2, 0) is 0 Å². The third kappa shape index (κ3) is 3.25. The Balaban J connectivity index is 1.58. The minimum absolute atomic E-state index is 0.144. The van der Waals surface area contributed by atoms with Gasteiger partial charge in [0.1, 0.15) is 5.75 Å². The standard InChI is InChI=1S/C23H29NO2/c1-3-16-11-12-24(20-5-4-6-20)15-22(16)23(25)19-8-7-18-14-21(26-2)10-9-17(18)13-19/h7-10,13-14,16,20,22H,3-6,11-12,15H2,1-2H3/t16-,22-/m1/s1. The number of carbonyl (C=O) groups is 1. The SMILES string of the molecule is CC[C@@H]1CCN(C2CCC2)C[C@H]1C(=O)c1ccc2cc(OC)ccc2c1. The third-order valence-corrected chi connectivity index (χ3v) is 6.57. The van der Waals surface area contributed by atoms with Gasteiger partial charge in [-0.2, -0.15) is 0 Å². The van der Waals surface area contributed by atoms with Crippen LogP contribution < -0.4 is 4.74 Å². The predicted octanol–water partition coefficient (Wildman–Crippen LogP) is 4.93. The zero-order valence-corrected chi connectivity index (χ0v) is 15.9. The Kier molecular flexibility index (Phi) is 4.99. The molecule has 1 heterocycles. The quantitative estimate of drug-likeness (QED) is 0.715. The summed E-state index contributed by atoms with van der Waals surface area (Å²) in [5.41, 5.74) is 0.863. The Bertz CT molecular complexity index is 796. The number of rotatable bonds is 5. The summed E-state index contributed by atoms with van der Waals surface area (Å²) in [5.74, 6) is 1.85. The summed E-state index contributed by atoms with van der Waals surface area (Å²) >= 11 is 0. The van der Waals surface area contributed by atoms with E-state index in [2.05, 4.69) is 24.0 Å². The first-order chi connectivity index (χ1) is 12.7. The molecule has 0 aromatic heterocycles. The molecule has 2 atom stereocenters. The highest BCUT2D eigenvalue weighted by molar-refractivity contribution is 6.01. The van der Waals surface area contributed by atoms with Gasteiger partial charge in [0.15, 0.2) is 5.78 Å². The summed E-state index contributed by atoms with van der Waals surface area (Å²) in [4.78, 5) is 15.9. The van der Waals surface area contributed by atoms with Crippen molar-refractivity contribution in [2.45, 2.75) is 45.1 Å². The lowest BCUT2D eigenvalue weighted by Crippen LogP contribution is -2.50. The molecule has 1 saturated carbocycles. The maximum atomic E-state index is 13.4. The number of nitrogens with zero attached hydrogens (tertiary/aromatic N) is 1. The predicted molar refractivity (Wildman–Crippen MR) is 106 cm³/mol. The number of hydrogen-bond acceptors (Lipinski definition) is 3. The van der Waals surface area contributed by atoms with E-state index in [1.54, 1.807) is 7.11 Å². The van der Waals surface area contributed by atoms with E-state index in [0.29, 0.717) is 11.7 Å². The molecule has 1 aliphatic carbocycles. The fourth-order valence-electron chi connectivity index (χ4n) is 4.61. The molecule has 1 saturated heterocycles. The smallest absolute Gasteiger partial charge is 0.167 e. The highest BCUT2D eigenvalue weighted by atomic mass is 16.5. The van der Waals surface area contributed by atoms with Crippen molar-refractivity contribution in [3.05, 3.63) is 42.0 Å². The van der Waals surface area contributed by atoms with E-state index in [9.17, 15) is 4.79 Å². The summed E-state index contributed by atoms with van der Waals surface area (Å²) in [5, 5.41) is 2.23. The topological polar surface area (TPSA) is 29.5 Å². The Hall–Kier alpha value is -1.87. The fraction of sp³-hybridized carbons (Fsp3) is 0.522. The molecule has 1 aliphatic heterocycles. The molecule has 4 rings (SSSR count). The first-order valence-electron chi connectivity index (χ1n) is 10.1. The monoisotopic (exact) mass is 351 g/mol. The van der Waals surface area contributed by atoms with Crippen molar-refractivity contribution in [3.8, 4) is 5.75 Å². The Labute approximate surface area is 156 Å². The van der Waals surface area contributed by atoms with Crippen LogP contribution in [0.4, 0.5) is 0 Å². The van der Waals surface area contributed by atoms with Gasteiger partial charge in [0.05, 0.1) is 7.11 Å². The van der Waals surface area contributed by atoms with Crippen LogP contribution >= 0.6 is 0 Å². The molecule has 3 nitrogen and oxygen atoms in total. The largest absolute Gasteiger partial charge is 0.497 e. The highest BCUT2D eigenvalue weighted by Gasteiger charge is 2.37. The molecule has 0 spiro atoms. The molecular weight excluding hydrogens is 322 g/mol. The molecule has 0 bridgehead atoms. The molecular formula is C23H29NO2. The number of Topliss-reactive ketones (excluding diaryl/α,β-unsaturated/α-hetero) is 1. The second-order valence-electron chi connectivity index (χ2n) is 7.94. The average Bonchev–Trinajstić information content (AvgIpc) is 2.65. The van der Waals surface area contributed by atoms with Crippen LogP contribution in [-0.4, -0.2) is 36.9 Å². The van der Waals surface area contributed by atoms with Gasteiger partial charge in [-0.1, -0.05) is 38.0 Å². The normalized spacial score (nSPS) is 24.4. The Morgan fingerprint density at radius 3 is 2.58 bits per heavy atom. The number of methoxy groups -OCH3 is 1. The van der Waals surface area contributed by atoms with Gasteiger partial charge in [-0.3, -0.25) is 9.69 Å². The lowest BCUT2D eigenvalue weighted by Gasteiger charge is -2.44. The van der Waals surface area contributed by atoms with Crippen molar-refractivity contribution in [2.75, 3.05) is 20.2 Å². The first kappa shape index (κ1) is 17.5. The van der Waals surface area contributed by atoms with Gasteiger partial charge < -0.3 is 4.74 Å². The second-order valence-corrected chi connectivity index (χ2v) is 7.94. The number of hydrogen-bond donors (Lipinski definition) is 0.